The summed E-state index contributed by atoms with van der Waals surface area (Å²) >= 11 is 0. The molecule has 3 aromatic rings. The van der Waals surface area contributed by atoms with Crippen molar-refractivity contribution >= 4 is 24.0 Å². The summed E-state index contributed by atoms with van der Waals surface area (Å²) in [6.45, 7) is 3.36. The first-order chi connectivity index (χ1) is 18.6. The molecule has 206 valence electrons. The Morgan fingerprint density at radius 3 is 2.41 bits per heavy atom. The molecule has 7 nitrogen and oxygen atoms in total. The molecule has 0 aromatic heterocycles. The molecule has 0 aliphatic carbocycles. The van der Waals surface area contributed by atoms with E-state index in [1.165, 1.54) is 5.56 Å². The second-order valence-corrected chi connectivity index (χ2v) is 9.50. The molecule has 1 heterocycles. The lowest BCUT2D eigenvalue weighted by molar-refractivity contribution is 0.0980. The van der Waals surface area contributed by atoms with E-state index in [9.17, 15) is 10.1 Å². The number of benzene rings is 3. The van der Waals surface area contributed by atoms with Gasteiger partial charge in [-0.15, -0.1) is 12.4 Å². The van der Waals surface area contributed by atoms with E-state index < -0.39 is 0 Å². The summed E-state index contributed by atoms with van der Waals surface area (Å²) in [5.74, 6) is 1.66. The highest BCUT2D eigenvalue weighted by atomic mass is 35.5. The monoisotopic (exact) mass is 549 g/mol. The van der Waals surface area contributed by atoms with Gasteiger partial charge in [0.2, 0.25) is 0 Å². The van der Waals surface area contributed by atoms with Crippen LogP contribution in [0.4, 0.5) is 5.69 Å². The SMILES string of the molecule is COCCCOc1cc(C(=O)N(C[C@H]2CNC[C@@H]2Cc2ccccc2)c2ccc(C#N)cc2)ccc1OC.Cl. The van der Waals surface area contributed by atoms with Crippen LogP contribution >= 0.6 is 12.4 Å². The zero-order chi connectivity index (χ0) is 26.7. The zero-order valence-corrected chi connectivity index (χ0v) is 23.3. The summed E-state index contributed by atoms with van der Waals surface area (Å²) in [6.07, 6.45) is 1.68. The van der Waals surface area contributed by atoms with E-state index in [2.05, 4.69) is 35.7 Å². The predicted molar refractivity (Wildman–Crippen MR) is 155 cm³/mol. The zero-order valence-electron chi connectivity index (χ0n) is 22.5. The van der Waals surface area contributed by atoms with E-state index in [4.69, 9.17) is 14.2 Å². The van der Waals surface area contributed by atoms with Crippen molar-refractivity contribution < 1.29 is 19.0 Å². The van der Waals surface area contributed by atoms with Gasteiger partial charge in [-0.1, -0.05) is 30.3 Å². The quantitative estimate of drug-likeness (QED) is 0.315. The minimum absolute atomic E-state index is 0. The number of halogens is 1. The highest BCUT2D eigenvalue weighted by Gasteiger charge is 2.31. The van der Waals surface area contributed by atoms with Crippen LogP contribution in [-0.4, -0.2) is 53.0 Å². The van der Waals surface area contributed by atoms with E-state index in [1.54, 1.807) is 44.6 Å². The number of amides is 1. The van der Waals surface area contributed by atoms with Crippen molar-refractivity contribution in [1.82, 2.24) is 5.32 Å². The standard InChI is InChI=1S/C31H35N3O4.ClH/c1-36-15-6-16-38-30-18-25(11-14-29(30)37-2)31(35)34(28-12-9-24(19-32)10-13-28)22-27-21-33-20-26(27)17-23-7-4-3-5-8-23;/h3-5,7-14,18,26-27,33H,6,15-17,20-22H2,1-2H3;1H/t26-,27+;/m0./s1. The first-order valence-corrected chi connectivity index (χ1v) is 13.0. The number of carbonyl (C=O) groups excluding carboxylic acids is 1. The molecule has 0 unspecified atom stereocenters. The Labute approximate surface area is 237 Å². The van der Waals surface area contributed by atoms with Crippen molar-refractivity contribution in [2.45, 2.75) is 12.8 Å². The molecular weight excluding hydrogens is 514 g/mol. The largest absolute Gasteiger partial charge is 0.493 e. The molecule has 4 rings (SSSR count). The Kier molecular flexibility index (Phi) is 11.6. The molecule has 8 heteroatoms. The third-order valence-electron chi connectivity index (χ3n) is 6.95. The highest BCUT2D eigenvalue weighted by Crippen LogP contribution is 2.31. The fourth-order valence-corrected chi connectivity index (χ4v) is 4.88. The van der Waals surface area contributed by atoms with Gasteiger partial charge in [0.1, 0.15) is 0 Å². The van der Waals surface area contributed by atoms with Crippen LogP contribution in [0, 0.1) is 23.2 Å². The number of nitrogens with one attached hydrogen (secondary N) is 1. The predicted octanol–water partition coefficient (Wildman–Crippen LogP) is 5.13. The highest BCUT2D eigenvalue weighted by molar-refractivity contribution is 6.06. The third kappa shape index (κ3) is 7.96. The number of hydrogen-bond donors (Lipinski definition) is 1. The number of hydrogen-bond acceptors (Lipinski definition) is 6. The maximum atomic E-state index is 14.0. The maximum absolute atomic E-state index is 14.0. The molecule has 39 heavy (non-hydrogen) atoms. The molecule has 2 atom stereocenters. The topological polar surface area (TPSA) is 83.8 Å². The van der Waals surface area contributed by atoms with Crippen LogP contribution < -0.4 is 19.7 Å². The van der Waals surface area contributed by atoms with Crippen molar-refractivity contribution in [2.75, 3.05) is 52.0 Å². The van der Waals surface area contributed by atoms with Gasteiger partial charge in [0.05, 0.1) is 25.3 Å². The average molecular weight is 550 g/mol. The van der Waals surface area contributed by atoms with Crippen LogP contribution in [0.1, 0.15) is 27.9 Å². The summed E-state index contributed by atoms with van der Waals surface area (Å²) in [5.41, 5.74) is 3.13. The lowest BCUT2D eigenvalue weighted by Crippen LogP contribution is -2.38. The molecule has 0 radical (unpaired) electrons. The summed E-state index contributed by atoms with van der Waals surface area (Å²) in [6, 6.07) is 25.1. The van der Waals surface area contributed by atoms with Gasteiger partial charge >= 0.3 is 0 Å². The smallest absolute Gasteiger partial charge is 0.258 e. The summed E-state index contributed by atoms with van der Waals surface area (Å²) in [7, 11) is 3.24. The lowest BCUT2D eigenvalue weighted by Gasteiger charge is -2.29. The molecule has 1 saturated heterocycles. The van der Waals surface area contributed by atoms with E-state index in [1.807, 2.05) is 23.1 Å². The van der Waals surface area contributed by atoms with Crippen molar-refractivity contribution in [3.05, 3.63) is 89.5 Å². The number of methoxy groups -OCH3 is 2. The van der Waals surface area contributed by atoms with Crippen molar-refractivity contribution in [2.24, 2.45) is 11.8 Å². The van der Waals surface area contributed by atoms with Crippen LogP contribution in [0.25, 0.3) is 0 Å². The average Bonchev–Trinajstić information content (AvgIpc) is 3.40. The van der Waals surface area contributed by atoms with Gasteiger partial charge < -0.3 is 24.4 Å². The van der Waals surface area contributed by atoms with Gasteiger partial charge in [-0.25, -0.2) is 0 Å². The number of nitriles is 1. The Bertz CT molecular complexity index is 1230. The van der Waals surface area contributed by atoms with Crippen LogP contribution in [0.15, 0.2) is 72.8 Å². The minimum atomic E-state index is -0.121. The number of nitrogens with zero attached hydrogens (tertiary/aromatic N) is 2. The summed E-state index contributed by atoms with van der Waals surface area (Å²) in [5, 5.41) is 12.8. The van der Waals surface area contributed by atoms with Crippen molar-refractivity contribution in [1.29, 1.82) is 5.26 Å². The Morgan fingerprint density at radius 1 is 0.974 bits per heavy atom. The lowest BCUT2D eigenvalue weighted by atomic mass is 9.89. The normalized spacial score (nSPS) is 16.1. The molecular formula is C31H36ClN3O4. The van der Waals surface area contributed by atoms with E-state index in [0.717, 1.165) is 31.6 Å². The van der Waals surface area contributed by atoms with Gasteiger partial charge in [0.15, 0.2) is 11.5 Å². The minimum Gasteiger partial charge on any atom is -0.493 e. The van der Waals surface area contributed by atoms with Gasteiger partial charge in [0, 0.05) is 37.9 Å². The summed E-state index contributed by atoms with van der Waals surface area (Å²) in [4.78, 5) is 15.8. The first-order valence-electron chi connectivity index (χ1n) is 13.0. The second-order valence-electron chi connectivity index (χ2n) is 9.50. The molecule has 1 aliphatic heterocycles. The number of ether oxygens (including phenoxy) is 3. The van der Waals surface area contributed by atoms with Crippen LogP contribution in [0.2, 0.25) is 0 Å². The van der Waals surface area contributed by atoms with E-state index in [0.29, 0.717) is 48.3 Å². The third-order valence-corrected chi connectivity index (χ3v) is 6.95. The van der Waals surface area contributed by atoms with Gasteiger partial charge in [-0.2, -0.15) is 5.26 Å². The molecule has 1 fully saturated rings. The second kappa shape index (κ2) is 15.1. The van der Waals surface area contributed by atoms with Crippen molar-refractivity contribution in [3.8, 4) is 17.6 Å². The molecule has 0 saturated carbocycles. The molecule has 0 bridgehead atoms. The van der Waals surface area contributed by atoms with Crippen LogP contribution in [-0.2, 0) is 11.2 Å². The number of rotatable bonds is 12. The molecule has 1 aliphatic rings. The number of carbonyl (C=O) groups is 1. The fourth-order valence-electron chi connectivity index (χ4n) is 4.88. The maximum Gasteiger partial charge on any atom is 0.258 e. The van der Waals surface area contributed by atoms with Crippen LogP contribution in [0.3, 0.4) is 0 Å². The first kappa shape index (κ1) is 30.0. The van der Waals surface area contributed by atoms with Gasteiger partial charge in [0.25, 0.3) is 5.91 Å². The Hall–Kier alpha value is -3.57. The van der Waals surface area contributed by atoms with E-state index in [-0.39, 0.29) is 24.2 Å². The molecule has 3 aromatic carbocycles. The number of anilines is 1. The fraction of sp³-hybridized carbons (Fsp3) is 0.355. The van der Waals surface area contributed by atoms with Gasteiger partial charge in [-0.05, 0) is 79.4 Å². The molecule has 1 N–H and O–H groups in total. The van der Waals surface area contributed by atoms with Gasteiger partial charge in [-0.3, -0.25) is 4.79 Å². The molecule has 0 spiro atoms. The Balaban J connectivity index is 0.00000420. The summed E-state index contributed by atoms with van der Waals surface area (Å²) < 4.78 is 16.5. The van der Waals surface area contributed by atoms with Crippen molar-refractivity contribution in [3.63, 3.8) is 0 Å². The van der Waals surface area contributed by atoms with E-state index >= 15 is 0 Å². The Morgan fingerprint density at radius 2 is 1.72 bits per heavy atom. The molecule has 1 amide bonds. The van der Waals surface area contributed by atoms with Crippen LogP contribution in [0.5, 0.6) is 11.5 Å².